The Morgan fingerprint density at radius 3 is 2.72 bits per heavy atom. The fourth-order valence-corrected chi connectivity index (χ4v) is 4.83. The lowest BCUT2D eigenvalue weighted by atomic mass is 10.1. The first-order valence-corrected chi connectivity index (χ1v) is 11.1. The van der Waals surface area contributed by atoms with Gasteiger partial charge in [0, 0.05) is 39.5 Å². The fourth-order valence-electron chi connectivity index (χ4n) is 3.51. The number of carboxylic acid groups (broad SMARTS) is 1. The summed E-state index contributed by atoms with van der Waals surface area (Å²) in [5, 5.41) is 22.1. The first-order chi connectivity index (χ1) is 15.3. The van der Waals surface area contributed by atoms with E-state index in [0.717, 1.165) is 16.8 Å². The Hall–Kier alpha value is -3.30. The van der Waals surface area contributed by atoms with Gasteiger partial charge in [-0.1, -0.05) is 29.8 Å². The van der Waals surface area contributed by atoms with Crippen LogP contribution in [0.5, 0.6) is 5.75 Å². The van der Waals surface area contributed by atoms with Crippen LogP contribution < -0.4 is 10.9 Å². The van der Waals surface area contributed by atoms with Gasteiger partial charge < -0.3 is 20.1 Å². The average molecular weight is 472 g/mol. The Labute approximate surface area is 191 Å². The summed E-state index contributed by atoms with van der Waals surface area (Å²) in [5.41, 5.74) is 2.36. The maximum Gasteiger partial charge on any atom is 0.322 e. The minimum absolute atomic E-state index is 0.157. The lowest BCUT2D eigenvalue weighted by Gasteiger charge is -2.16. The van der Waals surface area contributed by atoms with Gasteiger partial charge in [-0.2, -0.15) is 11.8 Å². The van der Waals surface area contributed by atoms with Gasteiger partial charge in [0.15, 0.2) is 0 Å². The van der Waals surface area contributed by atoms with Crippen molar-refractivity contribution in [2.24, 2.45) is 0 Å². The lowest BCUT2D eigenvalue weighted by molar-refractivity contribution is -0.135. The molecule has 0 spiro atoms. The molecule has 4 rings (SSSR count). The molecule has 0 radical (unpaired) electrons. The van der Waals surface area contributed by atoms with Gasteiger partial charge in [-0.25, -0.2) is 0 Å². The summed E-state index contributed by atoms with van der Waals surface area (Å²) >= 11 is 7.56. The van der Waals surface area contributed by atoms with Gasteiger partial charge in [-0.3, -0.25) is 19.4 Å². The second-order valence-electron chi connectivity index (χ2n) is 7.17. The number of nitrogens with zero attached hydrogens (tertiary/aromatic N) is 2. The van der Waals surface area contributed by atoms with E-state index in [1.165, 1.54) is 16.3 Å². The molecule has 0 atom stereocenters. The van der Waals surface area contributed by atoms with Gasteiger partial charge in [-0.15, -0.1) is 0 Å². The molecule has 1 aliphatic heterocycles. The molecule has 32 heavy (non-hydrogen) atoms. The predicted molar refractivity (Wildman–Crippen MR) is 121 cm³/mol. The predicted octanol–water partition coefficient (Wildman–Crippen LogP) is 2.88. The zero-order valence-corrected chi connectivity index (χ0v) is 18.2. The smallest absolute Gasteiger partial charge is 0.322 e. The van der Waals surface area contributed by atoms with Gasteiger partial charge >= 0.3 is 5.97 Å². The van der Waals surface area contributed by atoms with Crippen molar-refractivity contribution >= 4 is 35.2 Å². The number of hydrogen-bond acceptors (Lipinski definition) is 6. The zero-order chi connectivity index (χ0) is 22.8. The maximum absolute atomic E-state index is 13.1. The number of fused-ring (bicyclic) bond motifs is 1. The Kier molecular flexibility index (Phi) is 6.20. The van der Waals surface area contributed by atoms with Crippen molar-refractivity contribution in [3.05, 3.63) is 80.4 Å². The molecule has 1 aliphatic rings. The van der Waals surface area contributed by atoms with Crippen molar-refractivity contribution in [2.75, 3.05) is 6.54 Å². The van der Waals surface area contributed by atoms with Crippen LogP contribution in [-0.4, -0.2) is 38.2 Å². The molecule has 3 N–H and O–H groups in total. The van der Waals surface area contributed by atoms with Crippen molar-refractivity contribution in [1.82, 2.24) is 14.9 Å². The number of amides is 1. The molecule has 1 aromatic carbocycles. The topological polar surface area (TPSA) is 122 Å². The number of carbonyl (C=O) groups is 2. The van der Waals surface area contributed by atoms with Crippen molar-refractivity contribution in [3.8, 4) is 17.0 Å². The van der Waals surface area contributed by atoms with Gasteiger partial charge in [0.1, 0.15) is 17.9 Å². The van der Waals surface area contributed by atoms with Crippen LogP contribution in [0.2, 0.25) is 5.02 Å². The Balaban J connectivity index is 1.69. The largest absolute Gasteiger partial charge is 0.507 e. The summed E-state index contributed by atoms with van der Waals surface area (Å²) in [6, 6.07) is 11.0. The van der Waals surface area contributed by atoms with Crippen LogP contribution in [0, 0.1) is 0 Å². The summed E-state index contributed by atoms with van der Waals surface area (Å²) in [7, 11) is 0. The average Bonchev–Trinajstić information content (AvgIpc) is 3.26. The number of carbonyl (C=O) groups excluding carboxylic acids is 1. The van der Waals surface area contributed by atoms with Gasteiger partial charge in [0.05, 0.1) is 12.2 Å². The van der Waals surface area contributed by atoms with Crippen LogP contribution in [0.25, 0.3) is 11.3 Å². The lowest BCUT2D eigenvalue weighted by Crippen LogP contribution is -2.37. The number of aromatic hydroxyl groups is 1. The van der Waals surface area contributed by atoms with Crippen LogP contribution in [0.3, 0.4) is 0 Å². The summed E-state index contributed by atoms with van der Waals surface area (Å²) in [5.74, 6) is -1.59. The van der Waals surface area contributed by atoms with Crippen molar-refractivity contribution in [3.63, 3.8) is 0 Å². The third-order valence-electron chi connectivity index (χ3n) is 5.05. The molecule has 3 heterocycles. The highest BCUT2D eigenvalue weighted by Gasteiger charge is 2.28. The minimum atomic E-state index is -1.25. The van der Waals surface area contributed by atoms with E-state index in [1.54, 1.807) is 18.3 Å². The monoisotopic (exact) mass is 471 g/mol. The summed E-state index contributed by atoms with van der Waals surface area (Å²) in [4.78, 5) is 40.8. The molecule has 10 heteroatoms. The van der Waals surface area contributed by atoms with Crippen LogP contribution in [0.15, 0.2) is 47.4 Å². The van der Waals surface area contributed by atoms with Crippen molar-refractivity contribution in [1.29, 1.82) is 0 Å². The molecule has 0 aliphatic carbocycles. The number of hydrogen-bond donors (Lipinski definition) is 3. The van der Waals surface area contributed by atoms with Gasteiger partial charge in [-0.05, 0) is 23.8 Å². The zero-order valence-electron chi connectivity index (χ0n) is 16.7. The van der Waals surface area contributed by atoms with E-state index in [-0.39, 0.29) is 12.3 Å². The quantitative estimate of drug-likeness (QED) is 0.505. The molecule has 164 valence electrons. The van der Waals surface area contributed by atoms with Crippen molar-refractivity contribution < 1.29 is 19.8 Å². The molecule has 1 amide bonds. The second kappa shape index (κ2) is 9.05. The molecule has 0 unspecified atom stereocenters. The minimum Gasteiger partial charge on any atom is -0.507 e. The summed E-state index contributed by atoms with van der Waals surface area (Å²) in [6.45, 7) is -0.498. The van der Waals surface area contributed by atoms with Crippen LogP contribution >= 0.6 is 23.4 Å². The maximum atomic E-state index is 13.1. The highest BCUT2D eigenvalue weighted by molar-refractivity contribution is 7.98. The Morgan fingerprint density at radius 1 is 1.22 bits per heavy atom. The van der Waals surface area contributed by atoms with Crippen molar-refractivity contribution in [2.45, 2.75) is 18.1 Å². The van der Waals surface area contributed by atoms with Crippen LogP contribution in [0.4, 0.5) is 0 Å². The normalized spacial score (nSPS) is 12.4. The SMILES string of the molecule is O=C(O)CNC(=O)c1c(O)c2c(n(Cc3ccc(-c4cccc(Cl)c4)nc3)c1=O)CSC2. The van der Waals surface area contributed by atoms with E-state index in [4.69, 9.17) is 16.7 Å². The first-order valence-electron chi connectivity index (χ1n) is 9.61. The van der Waals surface area contributed by atoms with E-state index in [2.05, 4.69) is 10.3 Å². The molecule has 8 nitrogen and oxygen atoms in total. The number of nitrogens with one attached hydrogen (secondary N) is 1. The number of aromatic nitrogens is 2. The van der Waals surface area contributed by atoms with Crippen LogP contribution in [-0.2, 0) is 22.8 Å². The number of rotatable bonds is 6. The first kappa shape index (κ1) is 21.9. The summed E-state index contributed by atoms with van der Waals surface area (Å²) < 4.78 is 1.45. The highest BCUT2D eigenvalue weighted by Crippen LogP contribution is 2.36. The summed E-state index contributed by atoms with van der Waals surface area (Å²) in [6.07, 6.45) is 1.65. The number of benzene rings is 1. The molecule has 3 aromatic rings. The Morgan fingerprint density at radius 2 is 2.03 bits per heavy atom. The number of thioether (sulfide) groups is 1. The number of pyridine rings is 2. The molecule has 2 aromatic heterocycles. The standard InChI is InChI=1S/C22H18ClN3O5S/c23-14-3-1-2-13(6-14)16-5-4-12(7-24-16)9-26-17-11-32-10-15(17)20(29)19(22(26)31)21(30)25-8-18(27)28/h1-7,29H,8-11H2,(H,25,30)(H,27,28). The third-order valence-corrected chi connectivity index (χ3v) is 6.26. The molecule has 0 saturated heterocycles. The fraction of sp³-hybridized carbons (Fsp3) is 0.182. The Bertz CT molecular complexity index is 1270. The number of halogens is 1. The van der Waals surface area contributed by atoms with Gasteiger partial charge in [0.25, 0.3) is 11.5 Å². The number of aliphatic carboxylic acids is 1. The van der Waals surface area contributed by atoms with E-state index in [1.807, 2.05) is 24.3 Å². The van der Waals surface area contributed by atoms with E-state index >= 15 is 0 Å². The molecule has 0 bridgehead atoms. The third kappa shape index (κ3) is 4.35. The van der Waals surface area contributed by atoms with E-state index in [0.29, 0.717) is 27.8 Å². The second-order valence-corrected chi connectivity index (χ2v) is 8.59. The highest BCUT2D eigenvalue weighted by atomic mass is 35.5. The van der Waals surface area contributed by atoms with E-state index in [9.17, 15) is 19.5 Å². The van der Waals surface area contributed by atoms with Gasteiger partial charge in [0.2, 0.25) is 0 Å². The molecule has 0 fully saturated rings. The van der Waals surface area contributed by atoms with E-state index < -0.39 is 29.5 Å². The molecular weight excluding hydrogens is 454 g/mol. The molecular formula is C22H18ClN3O5S. The van der Waals surface area contributed by atoms with Crippen LogP contribution in [0.1, 0.15) is 27.2 Å². The number of carboxylic acids is 1. The molecule has 0 saturated carbocycles.